The lowest BCUT2D eigenvalue weighted by molar-refractivity contribution is 1.26. The quantitative estimate of drug-likeness (QED) is 0.151. The lowest BCUT2D eigenvalue weighted by atomic mass is 9.84. The summed E-state index contributed by atoms with van der Waals surface area (Å²) in [6.45, 7) is 0. The predicted molar refractivity (Wildman–Crippen MR) is 186 cm³/mol. The van der Waals surface area contributed by atoms with Crippen molar-refractivity contribution in [3.8, 4) is 11.1 Å². The van der Waals surface area contributed by atoms with Crippen molar-refractivity contribution in [1.29, 1.82) is 0 Å². The maximum absolute atomic E-state index is 9.37. The van der Waals surface area contributed by atoms with E-state index in [2.05, 4.69) is 24.3 Å². The number of benzene rings is 9. The summed E-state index contributed by atoms with van der Waals surface area (Å²) in [5, 5.41) is 8.94. The maximum atomic E-state index is 9.37. The Labute approximate surface area is 261 Å². The van der Waals surface area contributed by atoms with Gasteiger partial charge in [0.1, 0.15) is 0 Å². The zero-order valence-electron chi connectivity index (χ0n) is 31.1. The molecule has 0 nitrogen and oxygen atoms in total. The molecule has 200 valence electrons. The molecule has 0 aromatic heterocycles. The fourth-order valence-electron chi connectivity index (χ4n) is 6.79. The van der Waals surface area contributed by atoms with Gasteiger partial charge in [-0.05, 0) is 105 Å². The third-order valence-electron chi connectivity index (χ3n) is 8.74. The van der Waals surface area contributed by atoms with Gasteiger partial charge in [-0.15, -0.1) is 0 Å². The van der Waals surface area contributed by atoms with Crippen LogP contribution in [0, 0.1) is 0 Å². The van der Waals surface area contributed by atoms with Crippen LogP contribution in [-0.2, 0) is 6.42 Å². The van der Waals surface area contributed by atoms with Crippen LogP contribution in [0.25, 0.3) is 75.8 Å². The van der Waals surface area contributed by atoms with Gasteiger partial charge in [-0.25, -0.2) is 0 Å². The topological polar surface area (TPSA) is 0 Å². The summed E-state index contributed by atoms with van der Waals surface area (Å²) in [6.07, 6.45) is 0.187. The van der Waals surface area contributed by atoms with Crippen LogP contribution in [0.2, 0.25) is 0 Å². The largest absolute Gasteiger partial charge is 0.0629 e. The average Bonchev–Trinajstić information content (AvgIpc) is 3.16. The third-order valence-corrected chi connectivity index (χ3v) is 8.74. The van der Waals surface area contributed by atoms with Crippen molar-refractivity contribution in [3.05, 3.63) is 169 Å². The van der Waals surface area contributed by atoms with Crippen LogP contribution < -0.4 is 0 Å². The number of hydrogen-bond acceptors (Lipinski definition) is 0. The monoisotopic (exact) mass is 552 g/mol. The van der Waals surface area contributed by atoms with Crippen molar-refractivity contribution >= 4 is 64.6 Å². The lowest BCUT2D eigenvalue weighted by Gasteiger charge is -2.19. The Morgan fingerprint density at radius 2 is 1.00 bits per heavy atom. The Kier molecular flexibility index (Phi) is 3.88. The normalized spacial score (nSPS) is 14.4. The van der Waals surface area contributed by atoms with Crippen molar-refractivity contribution in [2.75, 3.05) is 0 Å². The van der Waals surface area contributed by atoms with Gasteiger partial charge in [-0.3, -0.25) is 0 Å². The Bertz CT molecular complexity index is 2900. The van der Waals surface area contributed by atoms with Gasteiger partial charge in [0.25, 0.3) is 0 Å². The molecule has 0 fully saturated rings. The second kappa shape index (κ2) is 9.54. The first-order valence-corrected chi connectivity index (χ1v) is 14.4. The first kappa shape index (κ1) is 17.5. The SMILES string of the molecule is [2H]c1c([2H])c([2H])c2c(-c3cccc4c3ccc3cc5ccccc5cc34)c3c([2H])c([2H])c([2H])c([2H])c3c(Cc3cccc4ccccc34)c2c1[2H]. The molecule has 43 heavy (non-hydrogen) atoms. The van der Waals surface area contributed by atoms with E-state index in [-0.39, 0.29) is 52.1 Å². The molecule has 0 bridgehead atoms. The third kappa shape index (κ3) is 3.77. The molecule has 0 spiro atoms. The second-order valence-electron chi connectivity index (χ2n) is 11.1. The summed E-state index contributed by atoms with van der Waals surface area (Å²) in [5.41, 5.74) is 2.32. The fourth-order valence-corrected chi connectivity index (χ4v) is 6.79. The zero-order chi connectivity index (χ0) is 35.3. The molecule has 0 saturated heterocycles. The Morgan fingerprint density at radius 1 is 0.395 bits per heavy atom. The molecule has 9 aromatic carbocycles. The van der Waals surface area contributed by atoms with Gasteiger partial charge in [-0.1, -0.05) is 145 Å². The number of hydrogen-bond donors (Lipinski definition) is 0. The summed E-state index contributed by atoms with van der Waals surface area (Å²) in [4.78, 5) is 0. The molecular formula is C43H28. The molecule has 0 aliphatic rings. The molecule has 0 aliphatic carbocycles. The molecular weight excluding hydrogens is 516 g/mol. The molecule has 0 saturated carbocycles. The van der Waals surface area contributed by atoms with E-state index in [1.54, 1.807) is 0 Å². The van der Waals surface area contributed by atoms with Gasteiger partial charge >= 0.3 is 0 Å². The molecule has 0 heteroatoms. The molecule has 9 aromatic rings. The zero-order valence-corrected chi connectivity index (χ0v) is 23.1. The standard InChI is InChI=1S/C43H28/c1-2-13-30-26-41-32(25-29(30)12-1)23-24-37-34(41)21-10-22-40(37)43-38-19-7-5-17-35(38)42(36-18-6-8-20-39(36)43)27-31-15-9-14-28-11-3-4-16-33(28)31/h1-26H,27H2/i5D,6D,7D,8D,17D,18D,19D,20D. The van der Waals surface area contributed by atoms with Gasteiger partial charge in [0.05, 0.1) is 11.0 Å². The molecule has 0 radical (unpaired) electrons. The van der Waals surface area contributed by atoms with E-state index in [4.69, 9.17) is 5.48 Å². The van der Waals surface area contributed by atoms with Gasteiger partial charge in [0.2, 0.25) is 0 Å². The number of rotatable bonds is 3. The molecule has 0 heterocycles. The van der Waals surface area contributed by atoms with Crippen LogP contribution in [0.4, 0.5) is 0 Å². The van der Waals surface area contributed by atoms with E-state index < -0.39 is 24.2 Å². The summed E-state index contributed by atoms with van der Waals surface area (Å²) < 4.78 is 72.5. The van der Waals surface area contributed by atoms with Crippen LogP contribution in [0.3, 0.4) is 0 Å². The van der Waals surface area contributed by atoms with E-state index in [1.165, 1.54) is 0 Å². The van der Waals surface area contributed by atoms with Crippen LogP contribution in [0.1, 0.15) is 22.1 Å². The summed E-state index contributed by atoms with van der Waals surface area (Å²) >= 11 is 0. The highest BCUT2D eigenvalue weighted by Gasteiger charge is 2.18. The van der Waals surface area contributed by atoms with E-state index in [0.717, 1.165) is 48.7 Å². The van der Waals surface area contributed by atoms with Crippen molar-refractivity contribution < 1.29 is 11.0 Å². The minimum atomic E-state index is -0.401. The first-order chi connectivity index (χ1) is 24.7. The lowest BCUT2D eigenvalue weighted by Crippen LogP contribution is -1.96. The highest BCUT2D eigenvalue weighted by Crippen LogP contribution is 2.44. The Morgan fingerprint density at radius 3 is 1.77 bits per heavy atom. The van der Waals surface area contributed by atoms with Gasteiger partial charge in [0, 0.05) is 0 Å². The molecule has 0 atom stereocenters. The van der Waals surface area contributed by atoms with E-state index in [9.17, 15) is 5.48 Å². The summed E-state index contributed by atoms with van der Waals surface area (Å²) in [7, 11) is 0. The number of fused-ring (bicyclic) bond motifs is 7. The van der Waals surface area contributed by atoms with Crippen LogP contribution in [0.15, 0.2) is 158 Å². The van der Waals surface area contributed by atoms with E-state index in [1.807, 2.05) is 84.9 Å². The fraction of sp³-hybridized carbons (Fsp3) is 0.0233. The first-order valence-electron chi connectivity index (χ1n) is 18.4. The summed E-state index contributed by atoms with van der Waals surface area (Å²) in [5.74, 6) is 0. The van der Waals surface area contributed by atoms with Crippen LogP contribution in [-0.4, -0.2) is 0 Å². The highest BCUT2D eigenvalue weighted by atomic mass is 14.2. The minimum Gasteiger partial charge on any atom is -0.0616 e. The van der Waals surface area contributed by atoms with E-state index in [0.29, 0.717) is 16.7 Å². The van der Waals surface area contributed by atoms with Crippen LogP contribution >= 0.6 is 0 Å². The van der Waals surface area contributed by atoms with Gasteiger partial charge in [0.15, 0.2) is 0 Å². The summed E-state index contributed by atoms with van der Waals surface area (Å²) in [6, 6.07) is 33.5. The van der Waals surface area contributed by atoms with Gasteiger partial charge < -0.3 is 0 Å². The smallest absolute Gasteiger partial charge is 0.0616 e. The van der Waals surface area contributed by atoms with Crippen molar-refractivity contribution in [2.24, 2.45) is 0 Å². The molecule has 0 unspecified atom stereocenters. The molecule has 9 rings (SSSR count). The van der Waals surface area contributed by atoms with Crippen LogP contribution in [0.5, 0.6) is 0 Å². The Hall–Kier alpha value is -5.46. The second-order valence-corrected chi connectivity index (χ2v) is 11.1. The van der Waals surface area contributed by atoms with Crippen molar-refractivity contribution in [2.45, 2.75) is 6.42 Å². The van der Waals surface area contributed by atoms with Crippen molar-refractivity contribution in [1.82, 2.24) is 0 Å². The predicted octanol–water partition coefficient (Wildman–Crippen LogP) is 11.9. The highest BCUT2D eigenvalue weighted by molar-refractivity contribution is 6.22. The van der Waals surface area contributed by atoms with Gasteiger partial charge in [-0.2, -0.15) is 0 Å². The average molecular weight is 553 g/mol. The molecule has 0 aliphatic heterocycles. The Balaban J connectivity index is 1.50. The maximum Gasteiger partial charge on any atom is 0.0629 e. The van der Waals surface area contributed by atoms with E-state index >= 15 is 0 Å². The minimum absolute atomic E-state index is 0.187. The molecule has 0 amide bonds. The molecule has 0 N–H and O–H groups in total. The van der Waals surface area contributed by atoms with Crippen molar-refractivity contribution in [3.63, 3.8) is 0 Å².